The minimum atomic E-state index is 0.995. The molecular formula is C15H12N2. The SMILES string of the molecule is c1ccc(-c2cc[15n](-c3ccccc3)n2)cc1. The maximum absolute atomic E-state index is 4.57. The third-order valence-corrected chi connectivity index (χ3v) is 2.68. The Balaban J connectivity index is 1.99. The van der Waals surface area contributed by atoms with E-state index in [2.05, 4.69) is 17.2 Å². The Morgan fingerprint density at radius 2 is 1.35 bits per heavy atom. The summed E-state index contributed by atoms with van der Waals surface area (Å²) >= 11 is 0. The summed E-state index contributed by atoms with van der Waals surface area (Å²) in [7, 11) is 0. The quantitative estimate of drug-likeness (QED) is 0.647. The molecule has 2 aromatic carbocycles. The lowest BCUT2D eigenvalue weighted by atomic mass is 10.2. The number of aromatic nitrogens is 2. The summed E-state index contributed by atoms with van der Waals surface area (Å²) in [4.78, 5) is 0. The molecule has 82 valence electrons. The van der Waals surface area contributed by atoms with Crippen molar-refractivity contribution in [1.29, 1.82) is 0 Å². The summed E-state index contributed by atoms with van der Waals surface area (Å²) in [6.07, 6.45) is 1.98. The van der Waals surface area contributed by atoms with Crippen molar-refractivity contribution in [2.45, 2.75) is 0 Å². The molecule has 0 aliphatic rings. The van der Waals surface area contributed by atoms with Gasteiger partial charge in [-0.3, -0.25) is 0 Å². The maximum atomic E-state index is 4.57. The third kappa shape index (κ3) is 1.97. The number of para-hydroxylation sites is 1. The fraction of sp³-hybridized carbons (Fsp3) is 0. The van der Waals surface area contributed by atoms with Crippen molar-refractivity contribution in [3.63, 3.8) is 0 Å². The van der Waals surface area contributed by atoms with E-state index in [4.69, 9.17) is 0 Å². The molecule has 2 heteroatoms. The molecule has 3 rings (SSSR count). The zero-order valence-electron chi connectivity index (χ0n) is 9.32. The normalized spacial score (nSPS) is 10.4. The summed E-state index contributed by atoms with van der Waals surface area (Å²) in [5, 5.41) is 4.57. The van der Waals surface area contributed by atoms with E-state index in [0.29, 0.717) is 0 Å². The lowest BCUT2D eigenvalue weighted by molar-refractivity contribution is 0.884. The van der Waals surface area contributed by atoms with Gasteiger partial charge in [-0.1, -0.05) is 48.5 Å². The van der Waals surface area contributed by atoms with E-state index >= 15 is 0 Å². The van der Waals surface area contributed by atoms with Gasteiger partial charge < -0.3 is 0 Å². The van der Waals surface area contributed by atoms with Gasteiger partial charge in [-0.15, -0.1) is 0 Å². The van der Waals surface area contributed by atoms with Crippen LogP contribution in [0.2, 0.25) is 0 Å². The highest BCUT2D eigenvalue weighted by atomic mass is 15.9. The number of hydrogen-bond donors (Lipinski definition) is 0. The first-order chi connectivity index (χ1) is 8.43. The van der Waals surface area contributed by atoms with Gasteiger partial charge in [0.05, 0.1) is 11.4 Å². The molecule has 0 saturated heterocycles. The first kappa shape index (κ1) is 9.85. The average Bonchev–Trinajstić information content (AvgIpc) is 2.90. The molecule has 1 aromatic heterocycles. The Morgan fingerprint density at radius 3 is 2.06 bits per heavy atom. The predicted molar refractivity (Wildman–Crippen MR) is 69.0 cm³/mol. The Kier molecular flexibility index (Phi) is 2.47. The highest BCUT2D eigenvalue weighted by molar-refractivity contribution is 5.58. The van der Waals surface area contributed by atoms with Crippen molar-refractivity contribution in [3.8, 4) is 16.9 Å². The fourth-order valence-corrected chi connectivity index (χ4v) is 1.81. The number of benzene rings is 2. The smallest absolute Gasteiger partial charge is 0.0927 e. The van der Waals surface area contributed by atoms with Crippen LogP contribution in [0, 0.1) is 0 Å². The Labute approximate surface area is 100 Å². The summed E-state index contributed by atoms with van der Waals surface area (Å²) < 4.78 is 1.89. The monoisotopic (exact) mass is 221 g/mol. The molecule has 1 heterocycles. The first-order valence-corrected chi connectivity index (χ1v) is 5.60. The van der Waals surface area contributed by atoms with Gasteiger partial charge in [0.1, 0.15) is 0 Å². The van der Waals surface area contributed by atoms with Gasteiger partial charge in [0.2, 0.25) is 0 Å². The van der Waals surface area contributed by atoms with Gasteiger partial charge in [-0.25, -0.2) is 4.68 Å². The molecule has 0 bridgehead atoms. The molecule has 0 aliphatic heterocycles. The minimum Gasteiger partial charge on any atom is -0.240 e. The van der Waals surface area contributed by atoms with E-state index in [9.17, 15) is 0 Å². The van der Waals surface area contributed by atoms with Crippen LogP contribution in [-0.4, -0.2) is 9.78 Å². The topological polar surface area (TPSA) is 17.8 Å². The molecule has 0 atom stereocenters. The highest BCUT2D eigenvalue weighted by Crippen LogP contribution is 2.17. The van der Waals surface area contributed by atoms with E-state index in [0.717, 1.165) is 16.9 Å². The fourth-order valence-electron chi connectivity index (χ4n) is 1.81. The second-order valence-corrected chi connectivity index (χ2v) is 3.85. The van der Waals surface area contributed by atoms with Gasteiger partial charge in [0.25, 0.3) is 0 Å². The van der Waals surface area contributed by atoms with Gasteiger partial charge in [0.15, 0.2) is 0 Å². The highest BCUT2D eigenvalue weighted by Gasteiger charge is 2.02. The second-order valence-electron chi connectivity index (χ2n) is 3.85. The van der Waals surface area contributed by atoms with E-state index in [1.54, 1.807) is 0 Å². The second kappa shape index (κ2) is 4.26. The van der Waals surface area contributed by atoms with Gasteiger partial charge in [0, 0.05) is 11.8 Å². The van der Waals surface area contributed by atoms with Gasteiger partial charge in [-0.05, 0) is 18.2 Å². The van der Waals surface area contributed by atoms with Crippen LogP contribution in [0.1, 0.15) is 0 Å². The lowest BCUT2D eigenvalue weighted by Crippen LogP contribution is -1.93. The molecule has 3 aromatic rings. The van der Waals surface area contributed by atoms with E-state index < -0.39 is 0 Å². The van der Waals surface area contributed by atoms with Crippen molar-refractivity contribution in [2.75, 3.05) is 0 Å². The molecule has 0 N–H and O–H groups in total. The summed E-state index contributed by atoms with van der Waals surface area (Å²) in [6, 6.07) is 22.3. The van der Waals surface area contributed by atoms with E-state index in [-0.39, 0.29) is 0 Å². The summed E-state index contributed by atoms with van der Waals surface area (Å²) in [5.74, 6) is 0. The Bertz CT molecular complexity index is 543. The van der Waals surface area contributed by atoms with Crippen LogP contribution in [0.25, 0.3) is 16.9 Å². The third-order valence-electron chi connectivity index (χ3n) is 2.68. The molecule has 0 radical (unpaired) electrons. The van der Waals surface area contributed by atoms with Crippen molar-refractivity contribution in [2.24, 2.45) is 0 Å². The summed E-state index contributed by atoms with van der Waals surface area (Å²) in [5.41, 5.74) is 3.21. The minimum absolute atomic E-state index is 0.995. The lowest BCUT2D eigenvalue weighted by Gasteiger charge is -2.00. The maximum Gasteiger partial charge on any atom is 0.0927 e. The van der Waals surface area contributed by atoms with Crippen LogP contribution in [0.15, 0.2) is 72.9 Å². The standard InChI is InChI=1S/C15H12N2/c1-3-7-13(8-4-1)15-11-12-17(16-15)14-9-5-2-6-10-14/h1-12H/i17+1. The van der Waals surface area contributed by atoms with E-state index in [1.807, 2.05) is 65.5 Å². The van der Waals surface area contributed by atoms with Crippen molar-refractivity contribution >= 4 is 0 Å². The number of rotatable bonds is 2. The van der Waals surface area contributed by atoms with Gasteiger partial charge in [-0.2, -0.15) is 5.10 Å². The molecule has 0 amide bonds. The zero-order valence-corrected chi connectivity index (χ0v) is 9.32. The van der Waals surface area contributed by atoms with E-state index in [1.165, 1.54) is 0 Å². The molecular weight excluding hydrogens is 209 g/mol. The van der Waals surface area contributed by atoms with Crippen LogP contribution >= 0.6 is 0 Å². The molecule has 0 unspecified atom stereocenters. The van der Waals surface area contributed by atoms with Crippen LogP contribution < -0.4 is 0 Å². The van der Waals surface area contributed by atoms with Crippen molar-refractivity contribution in [3.05, 3.63) is 72.9 Å². The van der Waals surface area contributed by atoms with Crippen molar-refractivity contribution < 1.29 is 0 Å². The van der Waals surface area contributed by atoms with Crippen LogP contribution in [-0.2, 0) is 0 Å². The zero-order chi connectivity index (χ0) is 11.5. The Morgan fingerprint density at radius 1 is 0.706 bits per heavy atom. The largest absolute Gasteiger partial charge is 0.240 e. The van der Waals surface area contributed by atoms with Gasteiger partial charge >= 0.3 is 0 Å². The Hall–Kier alpha value is -2.35. The molecule has 2 nitrogen and oxygen atoms in total. The molecule has 0 spiro atoms. The number of hydrogen-bond acceptors (Lipinski definition) is 1. The van der Waals surface area contributed by atoms with Crippen LogP contribution in [0.5, 0.6) is 0 Å². The molecule has 0 saturated carbocycles. The first-order valence-electron chi connectivity index (χ1n) is 5.60. The van der Waals surface area contributed by atoms with Crippen molar-refractivity contribution in [1.82, 2.24) is 9.78 Å². The average molecular weight is 221 g/mol. The van der Waals surface area contributed by atoms with Crippen LogP contribution in [0.3, 0.4) is 0 Å². The number of nitrogens with zero attached hydrogens (tertiary/aromatic N) is 2. The van der Waals surface area contributed by atoms with Crippen LogP contribution in [0.4, 0.5) is 0 Å². The molecule has 0 aliphatic carbocycles. The molecule has 0 fully saturated rings. The molecule has 17 heavy (non-hydrogen) atoms. The summed E-state index contributed by atoms with van der Waals surface area (Å²) in [6.45, 7) is 0. The predicted octanol–water partition coefficient (Wildman–Crippen LogP) is 3.54.